The fourth-order valence-electron chi connectivity index (χ4n) is 11.0. The Labute approximate surface area is 278 Å². The molecule has 3 fully saturated rings. The number of aliphatic hydroxyl groups excluding tert-OH is 1. The normalized spacial score (nSPS) is 38.1. The third-order valence-electron chi connectivity index (χ3n) is 13.5. The molecule has 2 N–H and O–H groups in total. The summed E-state index contributed by atoms with van der Waals surface area (Å²) < 4.78 is 10.9. The van der Waals surface area contributed by atoms with E-state index in [1.54, 1.807) is 18.9 Å². The summed E-state index contributed by atoms with van der Waals surface area (Å²) in [4.78, 5) is 29.8. The molecule has 8 rings (SSSR count). The van der Waals surface area contributed by atoms with Gasteiger partial charge < -0.3 is 24.6 Å². The SMILES string of the molecule is CCOC(=O)N(Cc1ccccc1)C[C@]1(O)CC[C@H]2[C@]34C=C[C@@]5(C=C3C(=O)c3ccc(OC)cc3)CC(O)CC[C@]5(C)[C@H]4CC[C@@]21C. The van der Waals surface area contributed by atoms with E-state index in [2.05, 4.69) is 32.1 Å². The predicted molar refractivity (Wildman–Crippen MR) is 180 cm³/mol. The minimum Gasteiger partial charge on any atom is -0.497 e. The first-order chi connectivity index (χ1) is 22.5. The van der Waals surface area contributed by atoms with Gasteiger partial charge in [0, 0.05) is 33.9 Å². The molecule has 0 saturated heterocycles. The van der Waals surface area contributed by atoms with Crippen molar-refractivity contribution in [2.24, 2.45) is 33.5 Å². The number of amides is 1. The average molecular weight is 640 g/mol. The number of hydrogen-bond donors (Lipinski definition) is 2. The zero-order valence-electron chi connectivity index (χ0n) is 28.2. The number of carbonyl (C=O) groups is 2. The molecule has 6 aliphatic carbocycles. The van der Waals surface area contributed by atoms with Gasteiger partial charge in [-0.25, -0.2) is 4.79 Å². The zero-order valence-corrected chi connectivity index (χ0v) is 28.2. The van der Waals surface area contributed by atoms with E-state index >= 15 is 0 Å². The Kier molecular flexibility index (Phi) is 7.75. The highest BCUT2D eigenvalue weighted by Crippen LogP contribution is 2.78. The Morgan fingerprint density at radius 3 is 2.30 bits per heavy atom. The lowest BCUT2D eigenvalue weighted by Crippen LogP contribution is -2.67. The van der Waals surface area contributed by atoms with E-state index in [0.717, 1.165) is 43.2 Å². The van der Waals surface area contributed by atoms with Gasteiger partial charge in [0.1, 0.15) is 5.75 Å². The van der Waals surface area contributed by atoms with Crippen LogP contribution in [0.3, 0.4) is 0 Å². The third-order valence-corrected chi connectivity index (χ3v) is 13.5. The van der Waals surface area contributed by atoms with Crippen molar-refractivity contribution >= 4 is 11.9 Å². The third kappa shape index (κ3) is 4.59. The van der Waals surface area contributed by atoms with Crippen LogP contribution in [0.1, 0.15) is 81.6 Å². The summed E-state index contributed by atoms with van der Waals surface area (Å²) in [5.41, 5.74) is -0.391. The molecule has 0 aliphatic heterocycles. The van der Waals surface area contributed by atoms with Crippen molar-refractivity contribution in [1.29, 1.82) is 0 Å². The van der Waals surface area contributed by atoms with Crippen LogP contribution in [-0.4, -0.2) is 59.0 Å². The van der Waals surface area contributed by atoms with E-state index in [0.29, 0.717) is 30.7 Å². The minimum absolute atomic E-state index is 0.00815. The van der Waals surface area contributed by atoms with E-state index in [9.17, 15) is 19.8 Å². The summed E-state index contributed by atoms with van der Waals surface area (Å²) in [5.74, 6) is 0.901. The molecule has 2 bridgehead atoms. The van der Waals surface area contributed by atoms with E-state index in [1.807, 2.05) is 54.6 Å². The topological polar surface area (TPSA) is 96.3 Å². The molecule has 2 aromatic carbocycles. The lowest BCUT2D eigenvalue weighted by Gasteiger charge is -2.71. The molecule has 1 unspecified atom stereocenters. The summed E-state index contributed by atoms with van der Waals surface area (Å²) in [7, 11) is 1.62. The molecular formula is C40H49NO6. The molecule has 7 nitrogen and oxygen atoms in total. The van der Waals surface area contributed by atoms with Gasteiger partial charge in [0.05, 0.1) is 32.0 Å². The number of ketones is 1. The number of Topliss-reactive ketones (excluding diaryl/α,β-unsaturated/α-hetero) is 1. The summed E-state index contributed by atoms with van der Waals surface area (Å²) >= 11 is 0. The number of benzene rings is 2. The van der Waals surface area contributed by atoms with E-state index in [-0.39, 0.29) is 36.2 Å². The van der Waals surface area contributed by atoms with Crippen LogP contribution in [0.2, 0.25) is 0 Å². The molecule has 2 spiro atoms. The second-order valence-corrected chi connectivity index (χ2v) is 15.4. The van der Waals surface area contributed by atoms with Gasteiger partial charge in [-0.3, -0.25) is 4.79 Å². The number of allylic oxidation sites excluding steroid dienone is 4. The highest BCUT2D eigenvalue weighted by Gasteiger charge is 2.74. The van der Waals surface area contributed by atoms with Crippen molar-refractivity contribution in [2.75, 3.05) is 20.3 Å². The lowest BCUT2D eigenvalue weighted by atomic mass is 9.32. The maximum atomic E-state index is 14.8. The molecule has 2 aromatic rings. The Hall–Kier alpha value is -3.42. The van der Waals surface area contributed by atoms with E-state index < -0.39 is 34.0 Å². The molecule has 0 radical (unpaired) electrons. The molecular weight excluding hydrogens is 590 g/mol. The molecule has 0 heterocycles. The summed E-state index contributed by atoms with van der Waals surface area (Å²) in [6.07, 6.45) is 11.3. The molecule has 3 saturated carbocycles. The monoisotopic (exact) mass is 639 g/mol. The standard InChI is InChI=1S/C40H49NO6/c1-5-47-35(44)41(25-27-9-7-6-8-10-27)26-39(45)20-17-33-37(39,3)19-16-32-36(2)18-15-29(42)23-38(36)21-22-40(32,33)31(24-38)34(43)28-11-13-30(46-4)14-12-28/h6-14,21-22,24,29,32-33,42,45H,5,15-20,23,25-26H2,1-4H3/t29?,32-,33-,36-,37+,38+,39-,40-/m1/s1. The van der Waals surface area contributed by atoms with Crippen molar-refractivity contribution in [3.63, 3.8) is 0 Å². The lowest BCUT2D eigenvalue weighted by molar-refractivity contribution is -0.175. The highest BCUT2D eigenvalue weighted by atomic mass is 16.6. The van der Waals surface area contributed by atoms with Gasteiger partial charge in [-0.05, 0) is 98.9 Å². The first-order valence-corrected chi connectivity index (χ1v) is 17.4. The Balaban J connectivity index is 1.31. The summed E-state index contributed by atoms with van der Waals surface area (Å²) in [6, 6.07) is 17.2. The van der Waals surface area contributed by atoms with Crippen LogP contribution in [0.4, 0.5) is 4.79 Å². The van der Waals surface area contributed by atoms with E-state index in [1.165, 1.54) is 0 Å². The molecule has 6 aliphatic rings. The molecule has 250 valence electrons. The molecule has 7 heteroatoms. The second kappa shape index (κ2) is 11.3. The number of methoxy groups -OCH3 is 1. The van der Waals surface area contributed by atoms with Crippen LogP contribution in [0, 0.1) is 33.5 Å². The first kappa shape index (κ1) is 32.1. The minimum atomic E-state index is -1.17. The van der Waals surface area contributed by atoms with Crippen molar-refractivity contribution in [3.8, 4) is 5.75 Å². The van der Waals surface area contributed by atoms with Crippen molar-refractivity contribution in [1.82, 2.24) is 4.90 Å². The van der Waals surface area contributed by atoms with Gasteiger partial charge in [0.25, 0.3) is 0 Å². The van der Waals surface area contributed by atoms with Crippen molar-refractivity contribution in [2.45, 2.75) is 84.0 Å². The fourth-order valence-corrected chi connectivity index (χ4v) is 11.0. The number of ether oxygens (including phenoxy) is 2. The number of rotatable bonds is 8. The van der Waals surface area contributed by atoms with Gasteiger partial charge in [-0.1, -0.05) is 62.4 Å². The molecule has 1 amide bonds. The van der Waals surface area contributed by atoms with Crippen molar-refractivity contribution in [3.05, 3.63) is 89.5 Å². The van der Waals surface area contributed by atoms with Crippen molar-refractivity contribution < 1.29 is 29.3 Å². The molecule has 8 atom stereocenters. The summed E-state index contributed by atoms with van der Waals surface area (Å²) in [5, 5.41) is 23.8. The van der Waals surface area contributed by atoms with Gasteiger partial charge in [-0.2, -0.15) is 0 Å². The summed E-state index contributed by atoms with van der Waals surface area (Å²) in [6.45, 7) is 7.16. The maximum absolute atomic E-state index is 14.8. The smallest absolute Gasteiger partial charge is 0.410 e. The number of aliphatic hydroxyl groups is 2. The number of nitrogens with zero attached hydrogens (tertiary/aromatic N) is 1. The zero-order chi connectivity index (χ0) is 33.2. The van der Waals surface area contributed by atoms with Gasteiger partial charge in [0.2, 0.25) is 0 Å². The van der Waals surface area contributed by atoms with Crippen LogP contribution >= 0.6 is 0 Å². The Bertz CT molecular complexity index is 1600. The molecule has 0 aromatic heterocycles. The van der Waals surface area contributed by atoms with Crippen LogP contribution in [0.25, 0.3) is 0 Å². The Morgan fingerprint density at radius 2 is 1.60 bits per heavy atom. The van der Waals surface area contributed by atoms with E-state index in [4.69, 9.17) is 9.47 Å². The van der Waals surface area contributed by atoms with Crippen LogP contribution < -0.4 is 4.74 Å². The highest BCUT2D eigenvalue weighted by molar-refractivity contribution is 6.10. The predicted octanol–water partition coefficient (Wildman–Crippen LogP) is 7.13. The molecule has 47 heavy (non-hydrogen) atoms. The first-order valence-electron chi connectivity index (χ1n) is 17.4. The largest absolute Gasteiger partial charge is 0.497 e. The maximum Gasteiger partial charge on any atom is 0.410 e. The second-order valence-electron chi connectivity index (χ2n) is 15.4. The van der Waals surface area contributed by atoms with Gasteiger partial charge in [-0.15, -0.1) is 0 Å². The number of hydrogen-bond acceptors (Lipinski definition) is 6. The van der Waals surface area contributed by atoms with Crippen LogP contribution in [0.5, 0.6) is 5.75 Å². The van der Waals surface area contributed by atoms with Crippen LogP contribution in [-0.2, 0) is 11.3 Å². The Morgan fingerprint density at radius 1 is 0.915 bits per heavy atom. The number of carbonyl (C=O) groups excluding carboxylic acids is 2. The van der Waals surface area contributed by atoms with Gasteiger partial charge in [0.15, 0.2) is 5.78 Å². The number of fused-ring (bicyclic) bond motifs is 1. The fraction of sp³-hybridized carbons (Fsp3) is 0.550. The average Bonchev–Trinajstić information content (AvgIpc) is 3.34. The van der Waals surface area contributed by atoms with Gasteiger partial charge >= 0.3 is 6.09 Å². The van der Waals surface area contributed by atoms with Crippen LogP contribution in [0.15, 0.2) is 78.4 Å². The quantitative estimate of drug-likeness (QED) is 0.236.